The topological polar surface area (TPSA) is 83.5 Å². The fourth-order valence-corrected chi connectivity index (χ4v) is 4.92. The minimum atomic E-state index is -3.93. The van der Waals surface area contributed by atoms with Gasteiger partial charge >= 0.3 is 5.97 Å². The third kappa shape index (κ3) is 6.36. The normalized spacial score (nSPS) is 21.1. The van der Waals surface area contributed by atoms with Crippen molar-refractivity contribution in [3.05, 3.63) is 35.9 Å². The number of rotatable bonds is 9. The van der Waals surface area contributed by atoms with Gasteiger partial charge in [-0.2, -0.15) is 0 Å². The molecule has 0 aromatic heterocycles. The Morgan fingerprint density at radius 1 is 1.32 bits per heavy atom. The van der Waals surface area contributed by atoms with Crippen LogP contribution < -0.4 is 4.72 Å². The average molecular weight is 375 g/mol. The molecule has 140 valence electrons. The summed E-state index contributed by atoms with van der Waals surface area (Å²) < 4.78 is 54.5. The van der Waals surface area contributed by atoms with Gasteiger partial charge < -0.3 is 5.11 Å². The number of nitrogens with one attached hydrogen (secondary N) is 1. The zero-order valence-corrected chi connectivity index (χ0v) is 14.6. The van der Waals surface area contributed by atoms with E-state index < -0.39 is 39.6 Å². The predicted molar refractivity (Wildman–Crippen MR) is 90.0 cm³/mol. The highest BCUT2D eigenvalue weighted by molar-refractivity contribution is 7.89. The number of aliphatic carboxylic acids is 1. The molecule has 2 unspecified atom stereocenters. The Balaban J connectivity index is 2.04. The summed E-state index contributed by atoms with van der Waals surface area (Å²) in [4.78, 5) is 10.8. The van der Waals surface area contributed by atoms with Crippen LogP contribution >= 0.6 is 0 Å². The smallest absolute Gasteiger partial charge is 0.303 e. The molecule has 2 rings (SSSR count). The van der Waals surface area contributed by atoms with E-state index in [2.05, 4.69) is 4.72 Å². The van der Waals surface area contributed by atoms with Crippen LogP contribution in [0.3, 0.4) is 0 Å². The van der Waals surface area contributed by atoms with Crippen LogP contribution in [0.25, 0.3) is 0 Å². The molecule has 1 aromatic carbocycles. The first-order valence-electron chi connectivity index (χ1n) is 8.31. The van der Waals surface area contributed by atoms with Gasteiger partial charge in [-0.1, -0.05) is 30.3 Å². The quantitative estimate of drug-likeness (QED) is 0.695. The summed E-state index contributed by atoms with van der Waals surface area (Å²) in [5.41, 5.74) is 0.854. The summed E-state index contributed by atoms with van der Waals surface area (Å²) >= 11 is 0. The molecule has 25 heavy (non-hydrogen) atoms. The van der Waals surface area contributed by atoms with Gasteiger partial charge in [-0.15, -0.1) is 0 Å². The third-order valence-electron chi connectivity index (χ3n) is 4.46. The molecule has 0 radical (unpaired) electrons. The first-order valence-corrected chi connectivity index (χ1v) is 9.97. The second-order valence-electron chi connectivity index (χ2n) is 6.57. The van der Waals surface area contributed by atoms with E-state index in [1.54, 1.807) is 12.1 Å². The van der Waals surface area contributed by atoms with Gasteiger partial charge in [0.15, 0.2) is 0 Å². The van der Waals surface area contributed by atoms with Gasteiger partial charge in [0, 0.05) is 24.8 Å². The molecule has 0 bridgehead atoms. The predicted octanol–water partition coefficient (Wildman–Crippen LogP) is 2.82. The SMILES string of the molecule is O=C(O)CCC(Cc1ccccc1)NS(=O)(=O)CC1CCCC1(F)F. The van der Waals surface area contributed by atoms with Crippen molar-refractivity contribution in [2.75, 3.05) is 5.75 Å². The molecule has 0 amide bonds. The molecule has 1 saturated carbocycles. The van der Waals surface area contributed by atoms with E-state index in [0.29, 0.717) is 12.8 Å². The highest BCUT2D eigenvalue weighted by Crippen LogP contribution is 2.40. The van der Waals surface area contributed by atoms with E-state index in [9.17, 15) is 22.0 Å². The van der Waals surface area contributed by atoms with Gasteiger partial charge in [-0.25, -0.2) is 21.9 Å². The Bertz CT molecular complexity index is 679. The summed E-state index contributed by atoms with van der Waals surface area (Å²) in [6.45, 7) is 0. The van der Waals surface area contributed by atoms with Gasteiger partial charge in [0.05, 0.1) is 5.75 Å². The summed E-state index contributed by atoms with van der Waals surface area (Å²) in [5.74, 6) is -5.79. The lowest BCUT2D eigenvalue weighted by atomic mass is 10.0. The highest BCUT2D eigenvalue weighted by atomic mass is 32.2. The molecule has 0 heterocycles. The summed E-state index contributed by atoms with van der Waals surface area (Å²) in [6.07, 6.45) is 0.449. The lowest BCUT2D eigenvalue weighted by Gasteiger charge is -2.22. The van der Waals surface area contributed by atoms with Crippen LogP contribution in [0.4, 0.5) is 8.78 Å². The highest BCUT2D eigenvalue weighted by Gasteiger charge is 2.45. The van der Waals surface area contributed by atoms with Crippen LogP contribution in [0.1, 0.15) is 37.7 Å². The Hall–Kier alpha value is -1.54. The number of carboxylic acids is 1. The molecule has 5 nitrogen and oxygen atoms in total. The molecule has 8 heteroatoms. The molecule has 1 aromatic rings. The van der Waals surface area contributed by atoms with Crippen molar-refractivity contribution in [1.29, 1.82) is 0 Å². The Morgan fingerprint density at radius 3 is 2.56 bits per heavy atom. The van der Waals surface area contributed by atoms with Crippen LogP contribution in [-0.2, 0) is 21.2 Å². The van der Waals surface area contributed by atoms with E-state index in [1.165, 1.54) is 0 Å². The maximum atomic E-state index is 13.7. The number of benzene rings is 1. The number of halogens is 2. The second kappa shape index (κ2) is 8.23. The Kier molecular flexibility index (Phi) is 6.51. The molecule has 0 aliphatic heterocycles. The molecular weight excluding hydrogens is 352 g/mol. The molecule has 2 N–H and O–H groups in total. The van der Waals surface area contributed by atoms with Gasteiger partial charge in [-0.05, 0) is 31.2 Å². The zero-order chi connectivity index (χ0) is 18.5. The maximum absolute atomic E-state index is 13.7. The Morgan fingerprint density at radius 2 is 2.00 bits per heavy atom. The molecular formula is C17H23F2NO4S. The zero-order valence-electron chi connectivity index (χ0n) is 13.8. The number of sulfonamides is 1. The summed E-state index contributed by atoms with van der Waals surface area (Å²) in [7, 11) is -3.93. The van der Waals surface area contributed by atoms with Crippen molar-refractivity contribution in [2.45, 2.75) is 50.5 Å². The van der Waals surface area contributed by atoms with Crippen LogP contribution in [-0.4, -0.2) is 37.2 Å². The van der Waals surface area contributed by atoms with Crippen LogP contribution in [0.5, 0.6) is 0 Å². The first-order chi connectivity index (χ1) is 11.7. The number of alkyl halides is 2. The fourth-order valence-electron chi connectivity index (χ4n) is 3.17. The number of carbonyl (C=O) groups is 1. The fraction of sp³-hybridized carbons (Fsp3) is 0.588. The standard InChI is InChI=1S/C17H23F2NO4S/c18-17(19)10-4-7-14(17)12-25(23,24)20-15(8-9-16(21)22)11-13-5-2-1-3-6-13/h1-3,5-6,14-15,20H,4,7-12H2,(H,21,22). The minimum Gasteiger partial charge on any atom is -0.481 e. The van der Waals surface area contributed by atoms with E-state index >= 15 is 0 Å². The minimum absolute atomic E-state index is 0.102. The van der Waals surface area contributed by atoms with E-state index in [1.807, 2.05) is 18.2 Å². The third-order valence-corrected chi connectivity index (χ3v) is 5.99. The first kappa shape index (κ1) is 19.8. The molecule has 0 spiro atoms. The molecule has 2 atom stereocenters. The van der Waals surface area contributed by atoms with Crippen molar-refractivity contribution in [3.63, 3.8) is 0 Å². The van der Waals surface area contributed by atoms with Crippen molar-refractivity contribution in [3.8, 4) is 0 Å². The van der Waals surface area contributed by atoms with Crippen molar-refractivity contribution < 1.29 is 27.1 Å². The Labute approximate surface area is 146 Å². The van der Waals surface area contributed by atoms with Crippen LogP contribution in [0.15, 0.2) is 30.3 Å². The number of hydrogen-bond donors (Lipinski definition) is 2. The van der Waals surface area contributed by atoms with E-state index in [-0.39, 0.29) is 25.7 Å². The van der Waals surface area contributed by atoms with Gasteiger partial charge in [0.2, 0.25) is 10.0 Å². The number of hydrogen-bond acceptors (Lipinski definition) is 3. The molecule has 1 aliphatic rings. The summed E-state index contributed by atoms with van der Waals surface area (Å²) in [5, 5.41) is 8.85. The average Bonchev–Trinajstić information content (AvgIpc) is 2.83. The molecule has 1 fully saturated rings. The van der Waals surface area contributed by atoms with Crippen LogP contribution in [0, 0.1) is 5.92 Å². The van der Waals surface area contributed by atoms with Gasteiger partial charge in [0.1, 0.15) is 0 Å². The lowest BCUT2D eigenvalue weighted by molar-refractivity contribution is -0.137. The number of carboxylic acid groups (broad SMARTS) is 1. The van der Waals surface area contributed by atoms with E-state index in [4.69, 9.17) is 5.11 Å². The van der Waals surface area contributed by atoms with Crippen molar-refractivity contribution >= 4 is 16.0 Å². The largest absolute Gasteiger partial charge is 0.481 e. The maximum Gasteiger partial charge on any atom is 0.303 e. The van der Waals surface area contributed by atoms with Crippen LogP contribution in [0.2, 0.25) is 0 Å². The molecule has 0 saturated heterocycles. The lowest BCUT2D eigenvalue weighted by Crippen LogP contribution is -2.41. The van der Waals surface area contributed by atoms with Gasteiger partial charge in [0.25, 0.3) is 5.92 Å². The summed E-state index contributed by atoms with van der Waals surface area (Å²) in [6, 6.07) is 8.41. The second-order valence-corrected chi connectivity index (χ2v) is 8.37. The van der Waals surface area contributed by atoms with E-state index in [0.717, 1.165) is 5.56 Å². The van der Waals surface area contributed by atoms with Crippen molar-refractivity contribution in [2.24, 2.45) is 5.92 Å². The molecule has 1 aliphatic carbocycles. The monoisotopic (exact) mass is 375 g/mol. The van der Waals surface area contributed by atoms with Crippen molar-refractivity contribution in [1.82, 2.24) is 4.72 Å². The van der Waals surface area contributed by atoms with Gasteiger partial charge in [-0.3, -0.25) is 4.79 Å².